The van der Waals surface area contributed by atoms with Crippen LogP contribution in [0.25, 0.3) is 10.2 Å². The van der Waals surface area contributed by atoms with Crippen LogP contribution in [-0.4, -0.2) is 27.5 Å². The molecule has 23 heavy (non-hydrogen) atoms. The third-order valence-corrected chi connectivity index (χ3v) is 5.02. The predicted molar refractivity (Wildman–Crippen MR) is 90.2 cm³/mol. The molecule has 2 aromatic heterocycles. The molecule has 0 spiro atoms. The Morgan fingerprint density at radius 2 is 2.00 bits per heavy atom. The lowest BCUT2D eigenvalue weighted by atomic mass is 10.3. The number of carbonyl (C=O) groups is 2. The minimum atomic E-state index is -0.406. The number of pyridine rings is 1. The molecular weight excluding hydrogens is 332 g/mol. The summed E-state index contributed by atoms with van der Waals surface area (Å²) >= 11 is 2.87. The molecular formula is C15H12N4O2S2. The molecule has 0 aliphatic rings. The number of thiazole rings is 1. The standard InChI is InChI=1S/C15H12N4O2S2/c20-13(18-19-14(21)10-4-3-7-16-8-10)9-22-15-17-11-5-1-2-6-12(11)23-15/h1-8H,9H2,(H,18,20)(H,19,21). The van der Waals surface area contributed by atoms with E-state index in [1.54, 1.807) is 18.3 Å². The van der Waals surface area contributed by atoms with Gasteiger partial charge in [-0.05, 0) is 24.3 Å². The Bertz CT molecular complexity index is 803. The van der Waals surface area contributed by atoms with Crippen molar-refractivity contribution in [2.45, 2.75) is 4.34 Å². The van der Waals surface area contributed by atoms with E-state index in [1.165, 1.54) is 29.3 Å². The van der Waals surface area contributed by atoms with E-state index in [0.29, 0.717) is 5.56 Å². The molecule has 0 radical (unpaired) electrons. The molecule has 0 aliphatic heterocycles. The number of benzene rings is 1. The van der Waals surface area contributed by atoms with Crippen LogP contribution in [0.4, 0.5) is 0 Å². The fourth-order valence-electron chi connectivity index (χ4n) is 1.77. The van der Waals surface area contributed by atoms with Gasteiger partial charge in [-0.1, -0.05) is 23.9 Å². The highest BCUT2D eigenvalue weighted by molar-refractivity contribution is 8.01. The molecule has 0 saturated carbocycles. The molecule has 3 aromatic rings. The number of carbonyl (C=O) groups excluding carboxylic acids is 2. The van der Waals surface area contributed by atoms with Crippen LogP contribution in [0.1, 0.15) is 10.4 Å². The zero-order chi connectivity index (χ0) is 16.1. The highest BCUT2D eigenvalue weighted by Crippen LogP contribution is 2.28. The molecule has 3 rings (SSSR count). The number of hydrazine groups is 1. The van der Waals surface area contributed by atoms with E-state index in [0.717, 1.165) is 14.6 Å². The third-order valence-electron chi connectivity index (χ3n) is 2.84. The van der Waals surface area contributed by atoms with Gasteiger partial charge in [0.1, 0.15) is 0 Å². The van der Waals surface area contributed by atoms with E-state index in [2.05, 4.69) is 20.8 Å². The quantitative estimate of drug-likeness (QED) is 0.560. The summed E-state index contributed by atoms with van der Waals surface area (Å²) < 4.78 is 1.90. The molecule has 1 aromatic carbocycles. The first-order valence-corrected chi connectivity index (χ1v) is 8.50. The van der Waals surface area contributed by atoms with Gasteiger partial charge in [-0.2, -0.15) is 0 Å². The SMILES string of the molecule is O=C(CSc1nc2ccccc2s1)NNC(=O)c1cccnc1. The van der Waals surface area contributed by atoms with Crippen LogP contribution < -0.4 is 10.9 Å². The second kappa shape index (κ2) is 7.21. The number of amides is 2. The van der Waals surface area contributed by atoms with Gasteiger partial charge < -0.3 is 0 Å². The van der Waals surface area contributed by atoms with Crippen molar-refractivity contribution in [2.24, 2.45) is 0 Å². The van der Waals surface area contributed by atoms with Crippen LogP contribution >= 0.6 is 23.1 Å². The summed E-state index contributed by atoms with van der Waals surface area (Å²) in [7, 11) is 0. The van der Waals surface area contributed by atoms with Gasteiger partial charge in [-0.15, -0.1) is 11.3 Å². The second-order valence-corrected chi connectivity index (χ2v) is 6.73. The lowest BCUT2D eigenvalue weighted by molar-refractivity contribution is -0.119. The van der Waals surface area contributed by atoms with Crippen molar-refractivity contribution in [1.82, 2.24) is 20.8 Å². The Morgan fingerprint density at radius 1 is 1.13 bits per heavy atom. The zero-order valence-electron chi connectivity index (χ0n) is 11.9. The van der Waals surface area contributed by atoms with E-state index >= 15 is 0 Å². The van der Waals surface area contributed by atoms with E-state index in [-0.39, 0.29) is 11.7 Å². The van der Waals surface area contributed by atoms with Gasteiger partial charge >= 0.3 is 0 Å². The van der Waals surface area contributed by atoms with Gasteiger partial charge in [-0.3, -0.25) is 25.4 Å². The summed E-state index contributed by atoms with van der Waals surface area (Å²) in [5.41, 5.74) is 6.03. The number of nitrogens with one attached hydrogen (secondary N) is 2. The van der Waals surface area contributed by atoms with Crippen molar-refractivity contribution < 1.29 is 9.59 Å². The first-order chi connectivity index (χ1) is 11.2. The number of hydrogen-bond acceptors (Lipinski definition) is 6. The molecule has 0 saturated heterocycles. The molecule has 116 valence electrons. The third kappa shape index (κ3) is 4.05. The lowest BCUT2D eigenvalue weighted by Gasteiger charge is -2.06. The van der Waals surface area contributed by atoms with E-state index in [4.69, 9.17) is 0 Å². The molecule has 0 atom stereocenters. The van der Waals surface area contributed by atoms with Crippen LogP contribution in [0.5, 0.6) is 0 Å². The summed E-state index contributed by atoms with van der Waals surface area (Å²) in [5, 5.41) is 0. The van der Waals surface area contributed by atoms with Crippen LogP contribution in [0.15, 0.2) is 53.1 Å². The van der Waals surface area contributed by atoms with Crippen LogP contribution in [0.3, 0.4) is 0 Å². The molecule has 0 unspecified atom stereocenters. The minimum Gasteiger partial charge on any atom is -0.272 e. The first-order valence-electron chi connectivity index (χ1n) is 6.70. The molecule has 0 aliphatic carbocycles. The number of rotatable bonds is 4. The normalized spacial score (nSPS) is 10.4. The summed E-state index contributed by atoms with van der Waals surface area (Å²) in [6.45, 7) is 0. The molecule has 2 heterocycles. The fourth-order valence-corrected chi connectivity index (χ4v) is 3.64. The van der Waals surface area contributed by atoms with Gasteiger partial charge in [0.2, 0.25) is 5.91 Å². The van der Waals surface area contributed by atoms with Crippen molar-refractivity contribution in [3.05, 3.63) is 54.4 Å². The van der Waals surface area contributed by atoms with Crippen LogP contribution in [-0.2, 0) is 4.79 Å². The first kappa shape index (κ1) is 15.4. The van der Waals surface area contributed by atoms with Gasteiger partial charge in [-0.25, -0.2) is 4.98 Å². The van der Waals surface area contributed by atoms with Crippen LogP contribution in [0, 0.1) is 0 Å². The molecule has 8 heteroatoms. The van der Waals surface area contributed by atoms with Gasteiger partial charge in [0.15, 0.2) is 4.34 Å². The number of nitrogens with zero attached hydrogens (tertiary/aromatic N) is 2. The van der Waals surface area contributed by atoms with Gasteiger partial charge in [0.25, 0.3) is 5.91 Å². The lowest BCUT2D eigenvalue weighted by Crippen LogP contribution is -2.42. The summed E-state index contributed by atoms with van der Waals surface area (Å²) in [5.74, 6) is -0.532. The monoisotopic (exact) mass is 344 g/mol. The Morgan fingerprint density at radius 3 is 2.78 bits per heavy atom. The maximum absolute atomic E-state index is 11.8. The molecule has 2 amide bonds. The number of hydrogen-bond donors (Lipinski definition) is 2. The van der Waals surface area contributed by atoms with Gasteiger partial charge in [0, 0.05) is 12.4 Å². The number of fused-ring (bicyclic) bond motifs is 1. The fraction of sp³-hybridized carbons (Fsp3) is 0.0667. The van der Waals surface area contributed by atoms with Gasteiger partial charge in [0.05, 0.1) is 21.5 Å². The summed E-state index contributed by atoms with van der Waals surface area (Å²) in [6, 6.07) is 11.1. The largest absolute Gasteiger partial charge is 0.272 e. The number of thioether (sulfide) groups is 1. The minimum absolute atomic E-state index is 0.174. The van der Waals surface area contributed by atoms with E-state index < -0.39 is 5.91 Å². The Balaban J connectivity index is 1.49. The van der Waals surface area contributed by atoms with Crippen molar-refractivity contribution in [1.29, 1.82) is 0 Å². The summed E-state index contributed by atoms with van der Waals surface area (Å²) in [4.78, 5) is 31.8. The second-order valence-electron chi connectivity index (χ2n) is 4.48. The smallest absolute Gasteiger partial charge is 0.271 e. The average Bonchev–Trinajstić information content (AvgIpc) is 3.01. The maximum atomic E-state index is 11.8. The Labute approximate surface area is 140 Å². The number of aromatic nitrogens is 2. The Kier molecular flexibility index (Phi) is 4.84. The Hall–Kier alpha value is -2.45. The highest BCUT2D eigenvalue weighted by Gasteiger charge is 2.09. The van der Waals surface area contributed by atoms with E-state index in [1.807, 2.05) is 24.3 Å². The zero-order valence-corrected chi connectivity index (χ0v) is 13.5. The summed E-state index contributed by atoms with van der Waals surface area (Å²) in [6.07, 6.45) is 3.00. The maximum Gasteiger partial charge on any atom is 0.271 e. The predicted octanol–water partition coefficient (Wildman–Crippen LogP) is 2.24. The molecule has 2 N–H and O–H groups in total. The molecule has 6 nitrogen and oxygen atoms in total. The van der Waals surface area contributed by atoms with E-state index in [9.17, 15) is 9.59 Å². The average molecular weight is 344 g/mol. The van der Waals surface area contributed by atoms with Crippen molar-refractivity contribution in [3.8, 4) is 0 Å². The number of para-hydroxylation sites is 1. The van der Waals surface area contributed by atoms with Crippen molar-refractivity contribution in [2.75, 3.05) is 5.75 Å². The molecule has 0 bridgehead atoms. The topological polar surface area (TPSA) is 84.0 Å². The van der Waals surface area contributed by atoms with Crippen LogP contribution in [0.2, 0.25) is 0 Å². The molecule has 0 fully saturated rings. The van der Waals surface area contributed by atoms with Crippen molar-refractivity contribution in [3.63, 3.8) is 0 Å². The van der Waals surface area contributed by atoms with Crippen molar-refractivity contribution >= 4 is 45.1 Å². The highest BCUT2D eigenvalue weighted by atomic mass is 32.2.